The first-order valence-electron chi connectivity index (χ1n) is 7.18. The van der Waals surface area contributed by atoms with Gasteiger partial charge in [-0.25, -0.2) is 0 Å². The molecule has 0 aromatic heterocycles. The highest BCUT2D eigenvalue weighted by Crippen LogP contribution is 2.24. The van der Waals surface area contributed by atoms with Crippen LogP contribution in [0.15, 0.2) is 0 Å². The van der Waals surface area contributed by atoms with E-state index in [0.717, 1.165) is 18.5 Å². The van der Waals surface area contributed by atoms with E-state index in [1.54, 1.807) is 0 Å². The van der Waals surface area contributed by atoms with Gasteiger partial charge in [-0.1, -0.05) is 33.1 Å². The van der Waals surface area contributed by atoms with Crippen molar-refractivity contribution in [3.63, 3.8) is 0 Å². The first-order valence-corrected chi connectivity index (χ1v) is 7.18. The molecule has 0 aromatic rings. The van der Waals surface area contributed by atoms with Crippen molar-refractivity contribution in [2.24, 2.45) is 11.7 Å². The molecule has 1 saturated carbocycles. The molecular weight excluding hydrogens is 196 g/mol. The molecule has 2 N–H and O–H groups in total. The predicted octanol–water partition coefficient (Wildman–Crippen LogP) is 3.02. The zero-order chi connectivity index (χ0) is 11.8. The van der Waals surface area contributed by atoms with Crippen LogP contribution in [0.2, 0.25) is 0 Å². The molecule has 0 amide bonds. The largest absolute Gasteiger partial charge is 0.330 e. The second-order valence-electron chi connectivity index (χ2n) is 5.68. The van der Waals surface area contributed by atoms with Crippen LogP contribution in [0.3, 0.4) is 0 Å². The van der Waals surface area contributed by atoms with Crippen LogP contribution in [0.5, 0.6) is 0 Å². The van der Waals surface area contributed by atoms with Gasteiger partial charge in [0.15, 0.2) is 0 Å². The Morgan fingerprint density at radius 3 is 2.38 bits per heavy atom. The van der Waals surface area contributed by atoms with Crippen LogP contribution in [-0.4, -0.2) is 30.6 Å². The second kappa shape index (κ2) is 8.08. The minimum atomic E-state index is 0.801. The quantitative estimate of drug-likeness (QED) is 0.645. The lowest BCUT2D eigenvalue weighted by atomic mass is 10.1. The Labute approximate surface area is 102 Å². The van der Waals surface area contributed by atoms with E-state index in [1.807, 2.05) is 0 Å². The molecule has 0 aromatic carbocycles. The van der Waals surface area contributed by atoms with Crippen LogP contribution in [-0.2, 0) is 0 Å². The molecule has 1 fully saturated rings. The summed E-state index contributed by atoms with van der Waals surface area (Å²) >= 11 is 0. The highest BCUT2D eigenvalue weighted by atomic mass is 15.2. The summed E-state index contributed by atoms with van der Waals surface area (Å²) in [5.74, 6) is 0.801. The van der Waals surface area contributed by atoms with E-state index >= 15 is 0 Å². The monoisotopic (exact) mass is 226 g/mol. The van der Waals surface area contributed by atoms with Crippen molar-refractivity contribution in [2.75, 3.05) is 19.6 Å². The molecule has 0 radical (unpaired) electrons. The minimum absolute atomic E-state index is 0.801. The van der Waals surface area contributed by atoms with E-state index in [2.05, 4.69) is 18.7 Å². The molecule has 0 atom stereocenters. The smallest absolute Gasteiger partial charge is 0.00953 e. The molecule has 2 nitrogen and oxygen atoms in total. The molecule has 1 rings (SSSR count). The summed E-state index contributed by atoms with van der Waals surface area (Å²) in [6, 6.07) is 0.889. The zero-order valence-corrected chi connectivity index (χ0v) is 11.3. The first-order chi connectivity index (χ1) is 7.74. The molecule has 96 valence electrons. The van der Waals surface area contributed by atoms with Crippen molar-refractivity contribution in [1.82, 2.24) is 4.90 Å². The molecule has 0 heterocycles. The van der Waals surface area contributed by atoms with Gasteiger partial charge in [-0.15, -0.1) is 0 Å². The van der Waals surface area contributed by atoms with E-state index in [9.17, 15) is 0 Å². The molecule has 0 spiro atoms. The zero-order valence-electron chi connectivity index (χ0n) is 11.3. The van der Waals surface area contributed by atoms with Crippen LogP contribution < -0.4 is 5.73 Å². The third kappa shape index (κ3) is 5.31. The fraction of sp³-hybridized carbons (Fsp3) is 1.00. The van der Waals surface area contributed by atoms with Crippen LogP contribution in [0.4, 0.5) is 0 Å². The molecule has 0 unspecified atom stereocenters. The summed E-state index contributed by atoms with van der Waals surface area (Å²) in [4.78, 5) is 2.74. The summed E-state index contributed by atoms with van der Waals surface area (Å²) in [6.45, 7) is 8.10. The van der Waals surface area contributed by atoms with Crippen molar-refractivity contribution in [1.29, 1.82) is 0 Å². The van der Waals surface area contributed by atoms with Gasteiger partial charge in [-0.2, -0.15) is 0 Å². The number of unbranched alkanes of at least 4 members (excludes halogenated alkanes) is 2. The van der Waals surface area contributed by atoms with Crippen molar-refractivity contribution < 1.29 is 0 Å². The van der Waals surface area contributed by atoms with Crippen LogP contribution >= 0.6 is 0 Å². The topological polar surface area (TPSA) is 29.3 Å². The third-order valence-electron chi connectivity index (χ3n) is 3.59. The maximum Gasteiger partial charge on any atom is 0.00953 e. The fourth-order valence-electron chi connectivity index (χ4n) is 2.80. The lowest BCUT2D eigenvalue weighted by Crippen LogP contribution is -2.37. The summed E-state index contributed by atoms with van der Waals surface area (Å²) in [5, 5.41) is 0. The maximum atomic E-state index is 5.53. The number of hydrogen-bond acceptors (Lipinski definition) is 2. The molecule has 0 aliphatic heterocycles. The van der Waals surface area contributed by atoms with Crippen molar-refractivity contribution in [2.45, 2.75) is 64.8 Å². The Balaban J connectivity index is 2.25. The lowest BCUT2D eigenvalue weighted by molar-refractivity contribution is 0.173. The fourth-order valence-corrected chi connectivity index (χ4v) is 2.80. The van der Waals surface area contributed by atoms with Gasteiger partial charge in [0.05, 0.1) is 0 Å². The Morgan fingerprint density at radius 2 is 1.81 bits per heavy atom. The van der Waals surface area contributed by atoms with Crippen molar-refractivity contribution >= 4 is 0 Å². The Morgan fingerprint density at radius 1 is 1.12 bits per heavy atom. The van der Waals surface area contributed by atoms with Crippen molar-refractivity contribution in [3.05, 3.63) is 0 Å². The normalized spacial score (nSPS) is 17.8. The molecular formula is C14H30N2. The van der Waals surface area contributed by atoms with Crippen LogP contribution in [0.25, 0.3) is 0 Å². The Hall–Kier alpha value is -0.0800. The molecule has 0 saturated heterocycles. The number of nitrogens with two attached hydrogens (primary N) is 1. The molecule has 1 aliphatic carbocycles. The van der Waals surface area contributed by atoms with Gasteiger partial charge in [-0.3, -0.25) is 0 Å². The second-order valence-corrected chi connectivity index (χ2v) is 5.68. The van der Waals surface area contributed by atoms with Crippen LogP contribution in [0, 0.1) is 5.92 Å². The highest BCUT2D eigenvalue weighted by Gasteiger charge is 2.22. The van der Waals surface area contributed by atoms with Gasteiger partial charge < -0.3 is 10.6 Å². The van der Waals surface area contributed by atoms with Gasteiger partial charge in [-0.05, 0) is 44.7 Å². The van der Waals surface area contributed by atoms with E-state index in [4.69, 9.17) is 5.73 Å². The van der Waals surface area contributed by atoms with E-state index in [1.165, 1.54) is 58.0 Å². The molecule has 16 heavy (non-hydrogen) atoms. The molecule has 0 bridgehead atoms. The SMILES string of the molecule is CC(C)CN(CCCCCN)C1CCCC1. The average Bonchev–Trinajstić information content (AvgIpc) is 2.75. The summed E-state index contributed by atoms with van der Waals surface area (Å²) < 4.78 is 0. The Bertz CT molecular complexity index is 162. The summed E-state index contributed by atoms with van der Waals surface area (Å²) in [6.07, 6.45) is 9.59. The van der Waals surface area contributed by atoms with Crippen molar-refractivity contribution in [3.8, 4) is 0 Å². The maximum absolute atomic E-state index is 5.53. The minimum Gasteiger partial charge on any atom is -0.330 e. The summed E-state index contributed by atoms with van der Waals surface area (Å²) in [5.41, 5.74) is 5.53. The third-order valence-corrected chi connectivity index (χ3v) is 3.59. The number of hydrogen-bond donors (Lipinski definition) is 1. The number of nitrogens with zero attached hydrogens (tertiary/aromatic N) is 1. The van der Waals surface area contributed by atoms with Gasteiger partial charge in [0.25, 0.3) is 0 Å². The van der Waals surface area contributed by atoms with Gasteiger partial charge in [0.1, 0.15) is 0 Å². The van der Waals surface area contributed by atoms with Gasteiger partial charge >= 0.3 is 0 Å². The lowest BCUT2D eigenvalue weighted by Gasteiger charge is -2.30. The number of rotatable bonds is 8. The van der Waals surface area contributed by atoms with Gasteiger partial charge in [0.2, 0.25) is 0 Å². The molecule has 2 heteroatoms. The standard InChI is InChI=1S/C14H30N2/c1-13(2)12-16(11-7-3-6-10-15)14-8-4-5-9-14/h13-14H,3-12,15H2,1-2H3. The highest BCUT2D eigenvalue weighted by molar-refractivity contribution is 4.78. The summed E-state index contributed by atoms with van der Waals surface area (Å²) in [7, 11) is 0. The van der Waals surface area contributed by atoms with Gasteiger partial charge in [0, 0.05) is 12.6 Å². The predicted molar refractivity (Wildman–Crippen MR) is 71.6 cm³/mol. The molecule has 1 aliphatic rings. The van der Waals surface area contributed by atoms with E-state index < -0.39 is 0 Å². The first kappa shape index (κ1) is 14.0. The van der Waals surface area contributed by atoms with E-state index in [0.29, 0.717) is 0 Å². The van der Waals surface area contributed by atoms with E-state index in [-0.39, 0.29) is 0 Å². The average molecular weight is 226 g/mol. The Kier molecular flexibility index (Phi) is 7.06. The van der Waals surface area contributed by atoms with Crippen LogP contribution in [0.1, 0.15) is 58.8 Å².